The van der Waals surface area contributed by atoms with Crippen molar-refractivity contribution in [3.63, 3.8) is 0 Å². The molecule has 2 aromatic rings. The van der Waals surface area contributed by atoms with Crippen molar-refractivity contribution in [1.82, 2.24) is 10.3 Å². The fourth-order valence-electron chi connectivity index (χ4n) is 1.87. The van der Waals surface area contributed by atoms with Crippen LogP contribution in [-0.2, 0) is 17.3 Å². The Morgan fingerprint density at radius 2 is 2.21 bits per heavy atom. The quantitative estimate of drug-likeness (QED) is 0.922. The van der Waals surface area contributed by atoms with Gasteiger partial charge in [-0.2, -0.15) is 0 Å². The lowest BCUT2D eigenvalue weighted by atomic mass is 10.1. The second kappa shape index (κ2) is 6.46. The van der Waals surface area contributed by atoms with Crippen molar-refractivity contribution >= 4 is 33.3 Å². The number of hydrogen-bond donors (Lipinski definition) is 1. The Hall–Kier alpha value is -0.970. The van der Waals surface area contributed by atoms with Gasteiger partial charge in [0.15, 0.2) is 0 Å². The number of nitrogens with one attached hydrogen (secondary N) is 1. The van der Waals surface area contributed by atoms with E-state index in [1.807, 2.05) is 31.2 Å². The zero-order valence-electron chi connectivity index (χ0n) is 11.0. The summed E-state index contributed by atoms with van der Waals surface area (Å²) in [5, 5.41) is 5.15. The number of hydrogen-bond acceptors (Lipinski definition) is 3. The summed E-state index contributed by atoms with van der Waals surface area (Å²) in [5.74, 6) is 0. The summed E-state index contributed by atoms with van der Waals surface area (Å²) in [5.41, 5.74) is 2.03. The van der Waals surface area contributed by atoms with E-state index in [0.717, 1.165) is 28.0 Å². The minimum absolute atomic E-state index is 0.145. The van der Waals surface area contributed by atoms with Crippen LogP contribution in [0.1, 0.15) is 12.5 Å². The highest BCUT2D eigenvalue weighted by Crippen LogP contribution is 2.24. The monoisotopic (exact) mass is 296 g/mol. The van der Waals surface area contributed by atoms with E-state index in [1.165, 1.54) is 0 Å². The molecule has 0 bridgehead atoms. The Bertz CT molecular complexity index is 603. The fourth-order valence-corrected chi connectivity index (χ4v) is 2.43. The van der Waals surface area contributed by atoms with Crippen molar-refractivity contribution in [2.75, 3.05) is 12.8 Å². The molecular weight excluding hydrogens is 280 g/mol. The average molecular weight is 297 g/mol. The lowest BCUT2D eigenvalue weighted by molar-refractivity contribution is 0.648. The SMILES string of the molecule is CC(CNCc1ccc(Cl)c2cccnc12)S(C)=O. The largest absolute Gasteiger partial charge is 0.311 e. The maximum atomic E-state index is 11.3. The van der Waals surface area contributed by atoms with Crippen LogP contribution in [-0.4, -0.2) is 27.2 Å². The highest BCUT2D eigenvalue weighted by Gasteiger charge is 2.08. The minimum Gasteiger partial charge on any atom is -0.311 e. The first-order valence-electron chi connectivity index (χ1n) is 6.14. The zero-order chi connectivity index (χ0) is 13.8. The van der Waals surface area contributed by atoms with E-state index in [4.69, 9.17) is 11.6 Å². The Kier molecular flexibility index (Phi) is 4.91. The van der Waals surface area contributed by atoms with Gasteiger partial charge in [-0.05, 0) is 30.7 Å². The van der Waals surface area contributed by atoms with E-state index < -0.39 is 10.8 Å². The van der Waals surface area contributed by atoms with E-state index in [-0.39, 0.29) is 5.25 Å². The molecular formula is C14H17ClN2OS. The summed E-state index contributed by atoms with van der Waals surface area (Å²) in [6, 6.07) is 7.73. The summed E-state index contributed by atoms with van der Waals surface area (Å²) in [6.07, 6.45) is 3.50. The molecule has 0 aliphatic carbocycles. The van der Waals surface area contributed by atoms with Crippen LogP contribution in [0.2, 0.25) is 5.02 Å². The molecule has 1 heterocycles. The normalized spacial score (nSPS) is 14.5. The highest BCUT2D eigenvalue weighted by molar-refractivity contribution is 7.84. The molecule has 0 saturated carbocycles. The summed E-state index contributed by atoms with van der Waals surface area (Å²) < 4.78 is 11.3. The maximum absolute atomic E-state index is 11.3. The van der Waals surface area contributed by atoms with Gasteiger partial charge in [0.25, 0.3) is 0 Å². The molecule has 1 aromatic carbocycles. The van der Waals surface area contributed by atoms with Gasteiger partial charge < -0.3 is 5.32 Å². The molecule has 2 unspecified atom stereocenters. The van der Waals surface area contributed by atoms with Crippen LogP contribution in [0.25, 0.3) is 10.9 Å². The van der Waals surface area contributed by atoms with Crippen LogP contribution in [0.3, 0.4) is 0 Å². The lowest BCUT2D eigenvalue weighted by Crippen LogP contribution is -2.27. The smallest absolute Gasteiger partial charge is 0.0761 e. The third kappa shape index (κ3) is 3.53. The summed E-state index contributed by atoms with van der Waals surface area (Å²) in [4.78, 5) is 4.39. The second-order valence-corrected chi connectivity index (χ2v) is 6.76. The van der Waals surface area contributed by atoms with Crippen LogP contribution >= 0.6 is 11.6 Å². The maximum Gasteiger partial charge on any atom is 0.0761 e. The van der Waals surface area contributed by atoms with Gasteiger partial charge >= 0.3 is 0 Å². The number of aromatic nitrogens is 1. The standard InChI is InChI=1S/C14H17ClN2OS/c1-10(19(2)18)8-16-9-11-5-6-13(15)12-4-3-7-17-14(11)12/h3-7,10,16H,8-9H2,1-2H3. The minimum atomic E-state index is -0.798. The number of halogens is 1. The van der Waals surface area contributed by atoms with Crippen molar-refractivity contribution in [3.8, 4) is 0 Å². The van der Waals surface area contributed by atoms with Gasteiger partial charge in [0.1, 0.15) is 0 Å². The van der Waals surface area contributed by atoms with Crippen molar-refractivity contribution < 1.29 is 4.21 Å². The molecule has 0 aliphatic heterocycles. The van der Waals surface area contributed by atoms with Crippen molar-refractivity contribution in [1.29, 1.82) is 0 Å². The molecule has 1 aromatic heterocycles. The molecule has 3 nitrogen and oxygen atoms in total. The molecule has 0 aliphatic rings. The van der Waals surface area contributed by atoms with E-state index in [1.54, 1.807) is 12.5 Å². The van der Waals surface area contributed by atoms with Crippen LogP contribution < -0.4 is 5.32 Å². The van der Waals surface area contributed by atoms with E-state index in [2.05, 4.69) is 10.3 Å². The number of benzene rings is 1. The van der Waals surface area contributed by atoms with Crippen LogP contribution in [0, 0.1) is 0 Å². The Balaban J connectivity index is 2.13. The van der Waals surface area contributed by atoms with E-state index >= 15 is 0 Å². The molecule has 2 atom stereocenters. The first kappa shape index (κ1) is 14.4. The molecule has 5 heteroatoms. The Morgan fingerprint density at radius 3 is 2.95 bits per heavy atom. The van der Waals surface area contributed by atoms with Gasteiger partial charge in [-0.1, -0.05) is 17.7 Å². The third-order valence-corrected chi connectivity index (χ3v) is 4.74. The van der Waals surface area contributed by atoms with Gasteiger partial charge in [-0.25, -0.2) is 0 Å². The second-order valence-electron chi connectivity index (χ2n) is 4.55. The molecule has 0 spiro atoms. The molecule has 0 saturated heterocycles. The van der Waals surface area contributed by atoms with Gasteiger partial charge in [-0.3, -0.25) is 9.19 Å². The lowest BCUT2D eigenvalue weighted by Gasteiger charge is -2.11. The van der Waals surface area contributed by atoms with Crippen LogP contribution in [0.4, 0.5) is 0 Å². The zero-order valence-corrected chi connectivity index (χ0v) is 12.6. The fraction of sp³-hybridized carbons (Fsp3) is 0.357. The van der Waals surface area contributed by atoms with E-state index in [0.29, 0.717) is 6.54 Å². The topological polar surface area (TPSA) is 42.0 Å². The van der Waals surface area contributed by atoms with Crippen molar-refractivity contribution in [2.24, 2.45) is 0 Å². The number of nitrogens with zero attached hydrogens (tertiary/aromatic N) is 1. The summed E-state index contributed by atoms with van der Waals surface area (Å²) in [7, 11) is -0.798. The molecule has 102 valence electrons. The van der Waals surface area contributed by atoms with Gasteiger partial charge in [0, 0.05) is 52.0 Å². The molecule has 0 fully saturated rings. The summed E-state index contributed by atoms with van der Waals surface area (Å²) >= 11 is 6.15. The van der Waals surface area contributed by atoms with Crippen molar-refractivity contribution in [2.45, 2.75) is 18.7 Å². The summed E-state index contributed by atoms with van der Waals surface area (Å²) in [6.45, 7) is 3.40. The predicted molar refractivity (Wildman–Crippen MR) is 82.0 cm³/mol. The Morgan fingerprint density at radius 1 is 1.42 bits per heavy atom. The molecule has 2 rings (SSSR count). The van der Waals surface area contributed by atoms with Crippen LogP contribution in [0.15, 0.2) is 30.5 Å². The predicted octanol–water partition coefficient (Wildman–Crippen LogP) is 2.74. The van der Waals surface area contributed by atoms with Crippen molar-refractivity contribution in [3.05, 3.63) is 41.0 Å². The van der Waals surface area contributed by atoms with E-state index in [9.17, 15) is 4.21 Å². The first-order chi connectivity index (χ1) is 9.09. The molecule has 19 heavy (non-hydrogen) atoms. The Labute approximate surface area is 120 Å². The molecule has 0 amide bonds. The number of fused-ring (bicyclic) bond motifs is 1. The molecule has 1 N–H and O–H groups in total. The number of pyridine rings is 1. The first-order valence-corrected chi connectivity index (χ1v) is 8.14. The van der Waals surface area contributed by atoms with Gasteiger partial charge in [-0.15, -0.1) is 0 Å². The average Bonchev–Trinajstić information content (AvgIpc) is 2.41. The third-order valence-electron chi connectivity index (χ3n) is 3.11. The van der Waals surface area contributed by atoms with Gasteiger partial charge in [0.2, 0.25) is 0 Å². The van der Waals surface area contributed by atoms with Crippen LogP contribution in [0.5, 0.6) is 0 Å². The highest BCUT2D eigenvalue weighted by atomic mass is 35.5. The van der Waals surface area contributed by atoms with Gasteiger partial charge in [0.05, 0.1) is 5.52 Å². The number of rotatable bonds is 5. The molecule has 0 radical (unpaired) electrons.